The maximum Gasteiger partial charge on any atom is 0.192 e. The van der Waals surface area contributed by atoms with Crippen LogP contribution in [0.5, 0.6) is 0 Å². The number of methoxy groups -OCH3 is 1. The highest BCUT2D eigenvalue weighted by Crippen LogP contribution is 2.37. The molecule has 0 amide bonds. The Morgan fingerprint density at radius 2 is 1.48 bits per heavy atom. The quantitative estimate of drug-likeness (QED) is 0.554. The van der Waals surface area contributed by atoms with E-state index < -0.39 is 47.3 Å². The van der Waals surface area contributed by atoms with Crippen LogP contribution in [0.25, 0.3) is 0 Å². The smallest absolute Gasteiger partial charge is 0.192 e. The predicted molar refractivity (Wildman–Crippen MR) is 113 cm³/mol. The summed E-state index contributed by atoms with van der Waals surface area (Å²) in [7, 11) is -2.50. The third-order valence-electron chi connectivity index (χ3n) is 6.61. The van der Waals surface area contributed by atoms with Crippen molar-refractivity contribution in [1.29, 1.82) is 0 Å². The Morgan fingerprint density at radius 1 is 0.963 bits per heavy atom. The molecule has 8 heteroatoms. The van der Waals surface area contributed by atoms with E-state index in [0.29, 0.717) is 0 Å². The van der Waals surface area contributed by atoms with Gasteiger partial charge in [-0.3, -0.25) is 0 Å². The van der Waals surface area contributed by atoms with Crippen molar-refractivity contribution < 1.29 is 28.5 Å². The van der Waals surface area contributed by atoms with Gasteiger partial charge in [0, 0.05) is 7.11 Å². The summed E-state index contributed by atoms with van der Waals surface area (Å²) < 4.78 is 23.9. The van der Waals surface area contributed by atoms with Crippen LogP contribution in [-0.4, -0.2) is 71.3 Å². The Labute approximate surface area is 167 Å². The van der Waals surface area contributed by atoms with E-state index in [9.17, 15) is 10.2 Å². The van der Waals surface area contributed by atoms with E-state index in [1.807, 2.05) is 0 Å². The summed E-state index contributed by atoms with van der Waals surface area (Å²) in [6.07, 6.45) is -4.11. The molecule has 162 valence electrons. The van der Waals surface area contributed by atoms with Crippen LogP contribution in [0.1, 0.15) is 41.5 Å². The maximum atomic E-state index is 11.0. The molecule has 1 aliphatic heterocycles. The number of ether oxygens (including phenoxy) is 2. The molecule has 6 nitrogen and oxygen atoms in total. The second-order valence-electron chi connectivity index (χ2n) is 9.16. The third-order valence-corrected chi connectivity index (χ3v) is 15.7. The molecule has 0 aromatic rings. The van der Waals surface area contributed by atoms with Gasteiger partial charge in [0.25, 0.3) is 0 Å². The molecule has 0 bridgehead atoms. The minimum Gasteiger partial charge on any atom is -0.414 e. The van der Waals surface area contributed by atoms with Gasteiger partial charge in [0.2, 0.25) is 0 Å². The van der Waals surface area contributed by atoms with Crippen molar-refractivity contribution in [3.8, 4) is 0 Å². The van der Waals surface area contributed by atoms with Crippen LogP contribution in [0.15, 0.2) is 0 Å². The minimum absolute atomic E-state index is 0.0669. The summed E-state index contributed by atoms with van der Waals surface area (Å²) in [5, 5.41) is 21.7. The lowest BCUT2D eigenvalue weighted by Gasteiger charge is -2.46. The third kappa shape index (κ3) is 5.85. The Morgan fingerprint density at radius 3 is 1.89 bits per heavy atom. The molecule has 0 radical (unpaired) electrons. The van der Waals surface area contributed by atoms with Crippen molar-refractivity contribution in [3.05, 3.63) is 0 Å². The van der Waals surface area contributed by atoms with E-state index in [1.54, 1.807) is 0 Å². The number of rotatable bonds is 9. The Kier molecular flexibility index (Phi) is 9.16. The summed E-state index contributed by atoms with van der Waals surface area (Å²) in [6, 6.07) is 2.83. The Bertz CT molecular complexity index is 442. The first-order valence-electron chi connectivity index (χ1n) is 10.2. The summed E-state index contributed by atoms with van der Waals surface area (Å²) in [4.78, 5) is 0. The number of aliphatic hydroxyl groups excluding tert-OH is 2. The molecule has 0 aromatic heterocycles. The standard InChI is InChI=1S/C19H42O6Si2/c1-10-27(11-2,12-3)25-17-15(20)14(24-18(22-7)16(17)21)13-23-26(8,9)19(4,5)6/h14-18,20-21H,10-13H2,1-9H3/t14-,15+,16-,17+,18+/m1/s1. The molecule has 0 aliphatic carbocycles. The fourth-order valence-corrected chi connectivity index (χ4v) is 7.04. The normalized spacial score (nSPS) is 30.6. The van der Waals surface area contributed by atoms with E-state index in [4.69, 9.17) is 18.3 Å². The van der Waals surface area contributed by atoms with Crippen LogP contribution < -0.4 is 0 Å². The van der Waals surface area contributed by atoms with Gasteiger partial charge < -0.3 is 28.5 Å². The predicted octanol–water partition coefficient (Wildman–Crippen LogP) is 3.49. The zero-order valence-electron chi connectivity index (χ0n) is 18.7. The zero-order chi connectivity index (χ0) is 21.0. The number of hydrogen-bond donors (Lipinski definition) is 2. The highest BCUT2D eigenvalue weighted by molar-refractivity contribution is 6.74. The molecule has 0 unspecified atom stereocenters. The van der Waals surface area contributed by atoms with Crippen molar-refractivity contribution in [3.63, 3.8) is 0 Å². The molecule has 1 fully saturated rings. The van der Waals surface area contributed by atoms with Crippen molar-refractivity contribution in [2.24, 2.45) is 0 Å². The molecular weight excluding hydrogens is 380 g/mol. The molecule has 1 saturated heterocycles. The lowest BCUT2D eigenvalue weighted by atomic mass is 9.99. The Hall–Kier alpha value is 0.194. The average Bonchev–Trinajstić information content (AvgIpc) is 2.61. The first kappa shape index (κ1) is 25.2. The van der Waals surface area contributed by atoms with E-state index >= 15 is 0 Å². The summed E-state index contributed by atoms with van der Waals surface area (Å²) in [6.45, 7) is 17.5. The lowest BCUT2D eigenvalue weighted by Crippen LogP contribution is -2.63. The second-order valence-corrected chi connectivity index (χ2v) is 18.7. The lowest BCUT2D eigenvalue weighted by molar-refractivity contribution is -0.290. The van der Waals surface area contributed by atoms with Gasteiger partial charge in [-0.2, -0.15) is 0 Å². The van der Waals surface area contributed by atoms with Crippen LogP contribution in [0.4, 0.5) is 0 Å². The van der Waals surface area contributed by atoms with Gasteiger partial charge >= 0.3 is 0 Å². The molecule has 0 aromatic carbocycles. The fourth-order valence-electron chi connectivity index (χ4n) is 3.17. The van der Waals surface area contributed by atoms with Gasteiger partial charge in [-0.05, 0) is 36.3 Å². The Balaban J connectivity index is 2.98. The van der Waals surface area contributed by atoms with Crippen molar-refractivity contribution in [1.82, 2.24) is 0 Å². The first-order chi connectivity index (χ1) is 12.4. The van der Waals surface area contributed by atoms with E-state index in [0.717, 1.165) is 18.1 Å². The highest BCUT2D eigenvalue weighted by Gasteiger charge is 2.49. The molecule has 0 saturated carbocycles. The van der Waals surface area contributed by atoms with Gasteiger partial charge in [0.15, 0.2) is 22.9 Å². The highest BCUT2D eigenvalue weighted by atomic mass is 28.4. The van der Waals surface area contributed by atoms with Crippen LogP contribution in [-0.2, 0) is 18.3 Å². The molecule has 1 aliphatic rings. The largest absolute Gasteiger partial charge is 0.414 e. The second kappa shape index (κ2) is 9.80. The van der Waals surface area contributed by atoms with Crippen molar-refractivity contribution in [2.45, 2.75) is 109 Å². The monoisotopic (exact) mass is 422 g/mol. The molecule has 1 heterocycles. The molecule has 5 atom stereocenters. The van der Waals surface area contributed by atoms with E-state index in [-0.39, 0.29) is 11.6 Å². The van der Waals surface area contributed by atoms with E-state index in [1.165, 1.54) is 7.11 Å². The van der Waals surface area contributed by atoms with Gasteiger partial charge in [0.05, 0.1) is 6.61 Å². The first-order valence-corrected chi connectivity index (χ1v) is 15.7. The molecule has 1 rings (SSSR count). The summed E-state index contributed by atoms with van der Waals surface area (Å²) in [5.74, 6) is 0. The summed E-state index contributed by atoms with van der Waals surface area (Å²) >= 11 is 0. The summed E-state index contributed by atoms with van der Waals surface area (Å²) in [5.41, 5.74) is 0. The van der Waals surface area contributed by atoms with Crippen LogP contribution in [0, 0.1) is 0 Å². The fraction of sp³-hybridized carbons (Fsp3) is 1.00. The molecule has 0 spiro atoms. The van der Waals surface area contributed by atoms with Gasteiger partial charge in [0.1, 0.15) is 24.4 Å². The topological polar surface area (TPSA) is 77.4 Å². The van der Waals surface area contributed by atoms with Crippen LogP contribution >= 0.6 is 0 Å². The average molecular weight is 423 g/mol. The van der Waals surface area contributed by atoms with Crippen LogP contribution in [0.3, 0.4) is 0 Å². The SMILES string of the molecule is CC[Si](CC)(CC)O[C@H]1[C@@H](O)[C@@H](CO[Si](C)(C)C(C)(C)C)O[C@H](OC)[C@@H]1O. The van der Waals surface area contributed by atoms with Crippen molar-refractivity contribution in [2.75, 3.05) is 13.7 Å². The maximum absolute atomic E-state index is 11.0. The number of aliphatic hydroxyl groups is 2. The zero-order valence-corrected chi connectivity index (χ0v) is 20.7. The van der Waals surface area contributed by atoms with E-state index in [2.05, 4.69) is 54.6 Å². The molecular formula is C19H42O6Si2. The number of hydrogen-bond acceptors (Lipinski definition) is 6. The van der Waals surface area contributed by atoms with Crippen molar-refractivity contribution >= 4 is 16.6 Å². The van der Waals surface area contributed by atoms with Gasteiger partial charge in [-0.25, -0.2) is 0 Å². The van der Waals surface area contributed by atoms with Gasteiger partial charge in [-0.15, -0.1) is 0 Å². The van der Waals surface area contributed by atoms with Crippen LogP contribution in [0.2, 0.25) is 36.3 Å². The van der Waals surface area contributed by atoms with Gasteiger partial charge in [-0.1, -0.05) is 41.5 Å². The minimum atomic E-state index is -2.01. The molecule has 2 N–H and O–H groups in total. The molecule has 27 heavy (non-hydrogen) atoms.